The zero-order valence-corrected chi connectivity index (χ0v) is 12.4. The second kappa shape index (κ2) is 5.75. The van der Waals surface area contributed by atoms with Crippen molar-refractivity contribution in [2.75, 3.05) is 5.32 Å². The van der Waals surface area contributed by atoms with Crippen LogP contribution >= 0.6 is 34.2 Å². The van der Waals surface area contributed by atoms with Crippen LogP contribution in [0.3, 0.4) is 0 Å². The Balaban J connectivity index is 2.28. The van der Waals surface area contributed by atoms with Gasteiger partial charge in [-0.1, -0.05) is 11.6 Å². The zero-order valence-electron chi connectivity index (χ0n) is 9.45. The molecule has 98 valence electrons. The topological polar surface area (TPSA) is 49.3 Å². The van der Waals surface area contributed by atoms with Crippen molar-refractivity contribution < 1.29 is 14.3 Å². The molecule has 1 amide bonds. The number of phenolic OH excluding ortho intramolecular Hbond substituents is 1. The molecule has 0 heterocycles. The second-order valence-corrected chi connectivity index (χ2v) is 5.46. The highest BCUT2D eigenvalue weighted by atomic mass is 127. The van der Waals surface area contributed by atoms with Gasteiger partial charge in [-0.05, 0) is 59.0 Å². The van der Waals surface area contributed by atoms with Crippen LogP contribution in [0.4, 0.5) is 10.1 Å². The zero-order chi connectivity index (χ0) is 14.0. The fourth-order valence-corrected chi connectivity index (χ4v) is 2.23. The molecule has 0 atom stereocenters. The molecule has 0 spiro atoms. The Morgan fingerprint density at radius 3 is 2.68 bits per heavy atom. The lowest BCUT2D eigenvalue weighted by Crippen LogP contribution is -2.12. The molecule has 0 saturated heterocycles. The standard InChI is InChI=1S/C13H8ClFINO2/c14-7-3-8(15)5-10(4-7)17-13(19)11-6-9(16)1-2-12(11)18/h1-6,18H,(H,17,19). The lowest BCUT2D eigenvalue weighted by atomic mass is 10.2. The summed E-state index contributed by atoms with van der Waals surface area (Å²) in [6.07, 6.45) is 0. The van der Waals surface area contributed by atoms with E-state index in [1.807, 2.05) is 22.6 Å². The highest BCUT2D eigenvalue weighted by molar-refractivity contribution is 14.1. The normalized spacial score (nSPS) is 10.3. The molecular formula is C13H8ClFINO2. The highest BCUT2D eigenvalue weighted by Gasteiger charge is 2.12. The Hall–Kier alpha value is -1.34. The number of anilines is 1. The number of carbonyl (C=O) groups is 1. The Bertz CT molecular complexity index is 628. The third kappa shape index (κ3) is 3.57. The summed E-state index contributed by atoms with van der Waals surface area (Å²) in [7, 11) is 0. The minimum Gasteiger partial charge on any atom is -0.507 e. The number of phenols is 1. The molecule has 0 aromatic heterocycles. The Labute approximate surface area is 127 Å². The van der Waals surface area contributed by atoms with Crippen LogP contribution in [0, 0.1) is 9.39 Å². The summed E-state index contributed by atoms with van der Waals surface area (Å²) in [6, 6.07) is 8.34. The Kier molecular flexibility index (Phi) is 4.26. The monoisotopic (exact) mass is 391 g/mol. The summed E-state index contributed by atoms with van der Waals surface area (Å²) < 4.78 is 13.9. The first kappa shape index (κ1) is 14.1. The van der Waals surface area contributed by atoms with E-state index in [-0.39, 0.29) is 22.0 Å². The minimum atomic E-state index is -0.547. The number of hydrogen-bond acceptors (Lipinski definition) is 2. The maximum absolute atomic E-state index is 13.1. The van der Waals surface area contributed by atoms with E-state index in [9.17, 15) is 14.3 Å². The summed E-state index contributed by atoms with van der Waals surface area (Å²) in [6.45, 7) is 0. The summed E-state index contributed by atoms with van der Waals surface area (Å²) in [4.78, 5) is 12.0. The summed E-state index contributed by atoms with van der Waals surface area (Å²) in [5, 5.41) is 12.3. The van der Waals surface area contributed by atoms with Crippen molar-refractivity contribution in [1.29, 1.82) is 0 Å². The van der Waals surface area contributed by atoms with Gasteiger partial charge in [-0.2, -0.15) is 0 Å². The van der Waals surface area contributed by atoms with Crippen LogP contribution in [0.15, 0.2) is 36.4 Å². The van der Waals surface area contributed by atoms with Crippen molar-refractivity contribution >= 4 is 45.8 Å². The van der Waals surface area contributed by atoms with Crippen LogP contribution in [0.2, 0.25) is 5.02 Å². The molecular weight excluding hydrogens is 384 g/mol. The maximum Gasteiger partial charge on any atom is 0.259 e. The Morgan fingerprint density at radius 1 is 1.26 bits per heavy atom. The van der Waals surface area contributed by atoms with Crippen LogP contribution in [-0.4, -0.2) is 11.0 Å². The predicted molar refractivity (Wildman–Crippen MR) is 80.2 cm³/mol. The number of hydrogen-bond donors (Lipinski definition) is 2. The molecule has 0 radical (unpaired) electrons. The lowest BCUT2D eigenvalue weighted by molar-refractivity contribution is 0.102. The van der Waals surface area contributed by atoms with E-state index in [0.29, 0.717) is 0 Å². The van der Waals surface area contributed by atoms with Gasteiger partial charge in [0.15, 0.2) is 0 Å². The third-order valence-electron chi connectivity index (χ3n) is 2.32. The van der Waals surface area contributed by atoms with Gasteiger partial charge in [0, 0.05) is 14.3 Å². The molecule has 6 heteroatoms. The molecule has 2 aromatic rings. The SMILES string of the molecule is O=C(Nc1cc(F)cc(Cl)c1)c1cc(I)ccc1O. The van der Waals surface area contributed by atoms with Crippen molar-refractivity contribution in [1.82, 2.24) is 0 Å². The van der Waals surface area contributed by atoms with Gasteiger partial charge >= 0.3 is 0 Å². The van der Waals surface area contributed by atoms with Crippen molar-refractivity contribution in [3.05, 3.63) is 56.4 Å². The summed E-state index contributed by atoms with van der Waals surface area (Å²) in [5.74, 6) is -1.22. The molecule has 2 aromatic carbocycles. The summed E-state index contributed by atoms with van der Waals surface area (Å²) >= 11 is 7.72. The van der Waals surface area contributed by atoms with E-state index < -0.39 is 11.7 Å². The first-order chi connectivity index (χ1) is 8.95. The molecule has 0 bridgehead atoms. The van der Waals surface area contributed by atoms with Gasteiger partial charge in [-0.25, -0.2) is 4.39 Å². The van der Waals surface area contributed by atoms with E-state index in [2.05, 4.69) is 5.32 Å². The molecule has 3 nitrogen and oxygen atoms in total. The average molecular weight is 392 g/mol. The molecule has 0 aliphatic rings. The molecule has 0 fully saturated rings. The minimum absolute atomic E-state index is 0.118. The van der Waals surface area contributed by atoms with Crippen LogP contribution in [0.1, 0.15) is 10.4 Å². The number of halogens is 3. The van der Waals surface area contributed by atoms with E-state index in [1.165, 1.54) is 18.2 Å². The number of benzene rings is 2. The molecule has 0 aliphatic carbocycles. The summed E-state index contributed by atoms with van der Waals surface area (Å²) in [5.41, 5.74) is 0.348. The van der Waals surface area contributed by atoms with Gasteiger partial charge in [0.2, 0.25) is 0 Å². The van der Waals surface area contributed by atoms with E-state index in [1.54, 1.807) is 6.07 Å². The number of rotatable bonds is 2. The van der Waals surface area contributed by atoms with Gasteiger partial charge in [0.1, 0.15) is 11.6 Å². The predicted octanol–water partition coefficient (Wildman–Crippen LogP) is 4.04. The largest absolute Gasteiger partial charge is 0.507 e. The number of carbonyl (C=O) groups excluding carboxylic acids is 1. The molecule has 0 saturated carbocycles. The van der Waals surface area contributed by atoms with Gasteiger partial charge in [0.25, 0.3) is 5.91 Å². The van der Waals surface area contributed by atoms with Crippen molar-refractivity contribution in [2.24, 2.45) is 0 Å². The van der Waals surface area contributed by atoms with Crippen molar-refractivity contribution in [2.45, 2.75) is 0 Å². The first-order valence-corrected chi connectivity index (χ1v) is 6.67. The lowest BCUT2D eigenvalue weighted by Gasteiger charge is -2.08. The number of amides is 1. The third-order valence-corrected chi connectivity index (χ3v) is 3.21. The van der Waals surface area contributed by atoms with Crippen LogP contribution in [0.25, 0.3) is 0 Å². The quantitative estimate of drug-likeness (QED) is 0.759. The van der Waals surface area contributed by atoms with Crippen LogP contribution in [-0.2, 0) is 0 Å². The van der Waals surface area contributed by atoms with E-state index in [4.69, 9.17) is 11.6 Å². The van der Waals surface area contributed by atoms with E-state index >= 15 is 0 Å². The molecule has 19 heavy (non-hydrogen) atoms. The number of nitrogens with one attached hydrogen (secondary N) is 1. The number of aromatic hydroxyl groups is 1. The maximum atomic E-state index is 13.1. The average Bonchev–Trinajstić information content (AvgIpc) is 2.30. The highest BCUT2D eigenvalue weighted by Crippen LogP contribution is 2.23. The fourth-order valence-electron chi connectivity index (χ4n) is 1.51. The molecule has 0 unspecified atom stereocenters. The van der Waals surface area contributed by atoms with Gasteiger partial charge < -0.3 is 10.4 Å². The molecule has 2 rings (SSSR count). The van der Waals surface area contributed by atoms with Gasteiger partial charge in [-0.3, -0.25) is 4.79 Å². The smallest absolute Gasteiger partial charge is 0.259 e. The first-order valence-electron chi connectivity index (χ1n) is 5.21. The second-order valence-electron chi connectivity index (χ2n) is 3.77. The molecule has 0 aliphatic heterocycles. The van der Waals surface area contributed by atoms with Gasteiger partial charge in [-0.15, -0.1) is 0 Å². The van der Waals surface area contributed by atoms with Crippen molar-refractivity contribution in [3.8, 4) is 5.75 Å². The Morgan fingerprint density at radius 2 is 2.00 bits per heavy atom. The van der Waals surface area contributed by atoms with Crippen molar-refractivity contribution in [3.63, 3.8) is 0 Å². The van der Waals surface area contributed by atoms with E-state index in [0.717, 1.165) is 15.7 Å². The molecule has 2 N–H and O–H groups in total. The van der Waals surface area contributed by atoms with Gasteiger partial charge in [0.05, 0.1) is 5.56 Å². The fraction of sp³-hybridized carbons (Fsp3) is 0. The van der Waals surface area contributed by atoms with Crippen LogP contribution < -0.4 is 5.32 Å². The van der Waals surface area contributed by atoms with Crippen LogP contribution in [0.5, 0.6) is 5.75 Å².